The first-order chi connectivity index (χ1) is 8.27. The Morgan fingerprint density at radius 3 is 2.82 bits per heavy atom. The highest BCUT2D eigenvalue weighted by Gasteiger charge is 2.13. The molecule has 89 valence electrons. The first kappa shape index (κ1) is 11.7. The zero-order valence-electron chi connectivity index (χ0n) is 9.68. The second-order valence-electron chi connectivity index (χ2n) is 3.69. The monoisotopic (exact) mass is 232 g/mol. The van der Waals surface area contributed by atoms with Crippen molar-refractivity contribution in [3.05, 3.63) is 36.0 Å². The van der Waals surface area contributed by atoms with Crippen molar-refractivity contribution in [2.24, 2.45) is 0 Å². The first-order valence-electron chi connectivity index (χ1n) is 5.62. The van der Waals surface area contributed by atoms with E-state index in [2.05, 4.69) is 0 Å². The van der Waals surface area contributed by atoms with Crippen LogP contribution >= 0.6 is 0 Å². The summed E-state index contributed by atoms with van der Waals surface area (Å²) in [6, 6.07) is 7.52. The Hall–Kier alpha value is -1.81. The average Bonchev–Trinajstić information content (AvgIpc) is 2.70. The number of carbonyl (C=O) groups is 1. The van der Waals surface area contributed by atoms with Gasteiger partial charge in [0.25, 0.3) is 0 Å². The molecule has 0 saturated heterocycles. The molecule has 4 heteroatoms. The number of hydrogen-bond acceptors (Lipinski definition) is 2. The third-order valence-electron chi connectivity index (χ3n) is 2.63. The lowest BCUT2D eigenvalue weighted by Crippen LogP contribution is -2.12. The second-order valence-corrected chi connectivity index (χ2v) is 3.69. The van der Waals surface area contributed by atoms with E-state index in [9.17, 15) is 9.90 Å². The summed E-state index contributed by atoms with van der Waals surface area (Å²) in [6.45, 7) is 1.92. The maximum absolute atomic E-state index is 11.7. The normalized spacial score (nSPS) is 10.7. The quantitative estimate of drug-likeness (QED) is 0.816. The van der Waals surface area contributed by atoms with Gasteiger partial charge in [-0.15, -0.1) is 0 Å². The number of rotatable bonds is 3. The highest BCUT2D eigenvalue weighted by molar-refractivity contribution is 5.91. The third-order valence-corrected chi connectivity index (χ3v) is 2.63. The van der Waals surface area contributed by atoms with Gasteiger partial charge in [-0.1, -0.05) is 18.2 Å². The van der Waals surface area contributed by atoms with Crippen LogP contribution in [0.2, 0.25) is 0 Å². The molecule has 1 aromatic carbocycles. The minimum atomic E-state index is -0.402. The van der Waals surface area contributed by atoms with Crippen molar-refractivity contribution < 1.29 is 14.6 Å². The molecule has 0 atom stereocenters. The predicted octanol–water partition coefficient (Wildman–Crippen LogP) is 2.62. The molecule has 0 saturated carbocycles. The largest absolute Gasteiger partial charge is 0.449 e. The van der Waals surface area contributed by atoms with Crippen molar-refractivity contribution in [3.63, 3.8) is 0 Å². The van der Waals surface area contributed by atoms with E-state index >= 15 is 0 Å². The Balaban J connectivity index is 2.52. The number of ether oxygens (including phenoxy) is 1. The Morgan fingerprint density at radius 2 is 2.12 bits per heavy atom. The van der Waals surface area contributed by atoms with Crippen LogP contribution in [0.1, 0.15) is 12.5 Å². The highest BCUT2D eigenvalue weighted by atomic mass is 16.5. The molecule has 0 amide bonds. The molecule has 0 aliphatic carbocycles. The van der Waals surface area contributed by atoms with Gasteiger partial charge in [-0.25, -0.2) is 9.90 Å². The fraction of sp³-hybridized carbons (Fsp3) is 0.308. The molecular formula is C13H14NO3. The van der Waals surface area contributed by atoms with Gasteiger partial charge in [0.05, 0.1) is 18.7 Å². The number of aromatic nitrogens is 1. The molecule has 1 aromatic heterocycles. The van der Waals surface area contributed by atoms with E-state index < -0.39 is 6.09 Å². The number of para-hydroxylation sites is 1. The van der Waals surface area contributed by atoms with Crippen molar-refractivity contribution in [3.8, 4) is 0 Å². The highest BCUT2D eigenvalue weighted by Crippen LogP contribution is 2.21. The summed E-state index contributed by atoms with van der Waals surface area (Å²) >= 11 is 0. The minimum absolute atomic E-state index is 0.184. The van der Waals surface area contributed by atoms with Crippen molar-refractivity contribution >= 4 is 17.0 Å². The fourth-order valence-electron chi connectivity index (χ4n) is 1.90. The van der Waals surface area contributed by atoms with Crippen LogP contribution < -0.4 is 0 Å². The zero-order chi connectivity index (χ0) is 12.3. The number of benzene rings is 1. The Bertz CT molecular complexity index is 530. The summed E-state index contributed by atoms with van der Waals surface area (Å²) in [4.78, 5) is 11.7. The molecule has 1 radical (unpaired) electrons. The molecule has 0 aliphatic rings. The van der Waals surface area contributed by atoms with E-state index in [1.807, 2.05) is 24.3 Å². The van der Waals surface area contributed by atoms with Crippen LogP contribution in [-0.2, 0) is 16.3 Å². The van der Waals surface area contributed by atoms with Crippen LogP contribution in [0.25, 0.3) is 10.9 Å². The molecule has 4 nitrogen and oxygen atoms in total. The Kier molecular flexibility index (Phi) is 3.44. The van der Waals surface area contributed by atoms with Gasteiger partial charge in [0.2, 0.25) is 0 Å². The van der Waals surface area contributed by atoms with Gasteiger partial charge in [-0.3, -0.25) is 4.57 Å². The molecule has 0 N–H and O–H groups in total. The molecule has 2 aromatic rings. The van der Waals surface area contributed by atoms with E-state index in [4.69, 9.17) is 4.74 Å². The first-order valence-corrected chi connectivity index (χ1v) is 5.62. The molecular weight excluding hydrogens is 218 g/mol. The second kappa shape index (κ2) is 5.01. The van der Waals surface area contributed by atoms with Crippen LogP contribution in [0.15, 0.2) is 30.5 Å². The van der Waals surface area contributed by atoms with E-state index in [1.54, 1.807) is 13.1 Å². The maximum Gasteiger partial charge on any atom is 0.418 e. The lowest BCUT2D eigenvalue weighted by atomic mass is 10.1. The molecule has 0 unspecified atom stereocenters. The van der Waals surface area contributed by atoms with Crippen LogP contribution in [-0.4, -0.2) is 23.9 Å². The lowest BCUT2D eigenvalue weighted by molar-refractivity contribution is 0.155. The molecule has 0 spiro atoms. The summed E-state index contributed by atoms with van der Waals surface area (Å²) in [5, 5.41) is 11.7. The Labute approximate surface area is 99.4 Å². The molecule has 2 rings (SSSR count). The van der Waals surface area contributed by atoms with Gasteiger partial charge in [-0.2, -0.15) is 0 Å². The van der Waals surface area contributed by atoms with Crippen LogP contribution in [0.4, 0.5) is 4.79 Å². The average molecular weight is 232 g/mol. The smallest absolute Gasteiger partial charge is 0.418 e. The number of nitrogens with zero attached hydrogens (tertiary/aromatic N) is 1. The lowest BCUT2D eigenvalue weighted by Gasteiger charge is -2.03. The topological polar surface area (TPSA) is 51.1 Å². The molecule has 0 bridgehead atoms. The van der Waals surface area contributed by atoms with Crippen LogP contribution in [0.3, 0.4) is 0 Å². The maximum atomic E-state index is 11.7. The van der Waals surface area contributed by atoms with Crippen molar-refractivity contribution in [2.75, 3.05) is 13.2 Å². The van der Waals surface area contributed by atoms with Crippen LogP contribution in [0, 0.1) is 0 Å². The molecule has 0 aliphatic heterocycles. The summed E-state index contributed by atoms with van der Waals surface area (Å²) in [7, 11) is 0. The van der Waals surface area contributed by atoms with Crippen molar-refractivity contribution in [1.82, 2.24) is 4.57 Å². The summed E-state index contributed by atoms with van der Waals surface area (Å²) < 4.78 is 6.44. The molecule has 0 fully saturated rings. The molecule has 1 heterocycles. The van der Waals surface area contributed by atoms with Gasteiger partial charge in [0, 0.05) is 18.0 Å². The SMILES string of the molecule is CCOC(=O)n1cc(CC[O])c2ccccc21. The zero-order valence-corrected chi connectivity index (χ0v) is 9.68. The molecule has 17 heavy (non-hydrogen) atoms. The summed E-state index contributed by atoms with van der Waals surface area (Å²) in [5.41, 5.74) is 1.68. The summed E-state index contributed by atoms with van der Waals surface area (Å²) in [5.74, 6) is 0. The van der Waals surface area contributed by atoms with Gasteiger partial charge in [-0.05, 0) is 18.6 Å². The van der Waals surface area contributed by atoms with Crippen LogP contribution in [0.5, 0.6) is 0 Å². The van der Waals surface area contributed by atoms with Crippen molar-refractivity contribution in [2.45, 2.75) is 13.3 Å². The summed E-state index contributed by atoms with van der Waals surface area (Å²) in [6.07, 6.45) is 1.72. The van der Waals surface area contributed by atoms with E-state index in [0.29, 0.717) is 13.0 Å². The minimum Gasteiger partial charge on any atom is -0.449 e. The Morgan fingerprint density at radius 1 is 1.35 bits per heavy atom. The van der Waals surface area contributed by atoms with E-state index in [0.717, 1.165) is 16.5 Å². The number of hydrogen-bond donors (Lipinski definition) is 0. The van der Waals surface area contributed by atoms with Gasteiger partial charge in [0.1, 0.15) is 0 Å². The van der Waals surface area contributed by atoms with E-state index in [1.165, 1.54) is 4.57 Å². The number of fused-ring (bicyclic) bond motifs is 1. The van der Waals surface area contributed by atoms with Crippen molar-refractivity contribution in [1.29, 1.82) is 0 Å². The predicted molar refractivity (Wildman–Crippen MR) is 63.6 cm³/mol. The standard InChI is InChI=1S/C13H14NO3/c1-2-17-13(16)14-9-10(7-8-15)11-5-3-4-6-12(11)14/h3-6,9H,2,7-8H2,1H3. The van der Waals surface area contributed by atoms with E-state index in [-0.39, 0.29) is 6.61 Å². The van der Waals surface area contributed by atoms with Gasteiger partial charge >= 0.3 is 6.09 Å². The fourth-order valence-corrected chi connectivity index (χ4v) is 1.90. The third kappa shape index (κ3) is 2.17. The van der Waals surface area contributed by atoms with Gasteiger partial charge < -0.3 is 4.74 Å². The van der Waals surface area contributed by atoms with Gasteiger partial charge in [0.15, 0.2) is 0 Å². The number of carbonyl (C=O) groups excluding carboxylic acids is 1.